The van der Waals surface area contributed by atoms with Crippen molar-refractivity contribution in [3.63, 3.8) is 0 Å². The van der Waals surface area contributed by atoms with E-state index < -0.39 is 5.97 Å². The van der Waals surface area contributed by atoms with Crippen LogP contribution in [0.3, 0.4) is 0 Å². The van der Waals surface area contributed by atoms with Crippen LogP contribution in [0.25, 0.3) is 0 Å². The van der Waals surface area contributed by atoms with Crippen LogP contribution >= 0.6 is 0 Å². The molecule has 0 heterocycles. The topological polar surface area (TPSA) is 52.6 Å². The molecule has 0 amide bonds. The van der Waals surface area contributed by atoms with Gasteiger partial charge in [-0.1, -0.05) is 12.1 Å². The fourth-order valence-electron chi connectivity index (χ4n) is 1.50. The summed E-state index contributed by atoms with van der Waals surface area (Å²) in [4.78, 5) is 12.9. The van der Waals surface area contributed by atoms with Gasteiger partial charge in [-0.05, 0) is 31.8 Å². The molecule has 0 fully saturated rings. The van der Waals surface area contributed by atoms with Gasteiger partial charge in [-0.2, -0.15) is 0 Å². The van der Waals surface area contributed by atoms with Gasteiger partial charge in [0.1, 0.15) is 0 Å². The van der Waals surface area contributed by atoms with E-state index in [1.54, 1.807) is 18.2 Å². The molecule has 0 aromatic heterocycles. The van der Waals surface area contributed by atoms with Crippen LogP contribution in [-0.2, 0) is 6.54 Å². The van der Waals surface area contributed by atoms with Crippen molar-refractivity contribution in [1.82, 2.24) is 10.2 Å². The fraction of sp³-hybridized carbons (Fsp3) is 0.417. The molecule has 0 spiro atoms. The molecule has 4 heteroatoms. The number of aromatic carboxylic acids is 1. The second-order valence-corrected chi connectivity index (χ2v) is 3.85. The van der Waals surface area contributed by atoms with Gasteiger partial charge < -0.3 is 15.3 Å². The lowest BCUT2D eigenvalue weighted by Gasteiger charge is -2.16. The zero-order chi connectivity index (χ0) is 12.0. The molecule has 0 saturated heterocycles. The third-order valence-corrected chi connectivity index (χ3v) is 2.37. The summed E-state index contributed by atoms with van der Waals surface area (Å²) < 4.78 is 0. The number of nitrogens with one attached hydrogen (secondary N) is 1. The molecule has 1 aromatic carbocycles. The van der Waals surface area contributed by atoms with Crippen LogP contribution < -0.4 is 5.32 Å². The maximum absolute atomic E-state index is 10.8. The molecule has 0 aliphatic rings. The van der Waals surface area contributed by atoms with Crippen LogP contribution in [0.15, 0.2) is 24.3 Å². The number of hydrogen-bond acceptors (Lipinski definition) is 3. The highest BCUT2D eigenvalue weighted by Gasteiger charge is 2.04. The standard InChI is InChI=1S/C12H18N2O2/c1-13-6-7-14(2)9-10-4-3-5-11(8-10)12(15)16/h3-5,8,13H,6-7,9H2,1-2H3,(H,15,16). The maximum Gasteiger partial charge on any atom is 0.335 e. The molecule has 1 aromatic rings. The Labute approximate surface area is 95.9 Å². The van der Waals surface area contributed by atoms with Gasteiger partial charge >= 0.3 is 5.97 Å². The number of likely N-dealkylation sites (N-methyl/N-ethyl adjacent to an activating group) is 2. The van der Waals surface area contributed by atoms with Crippen molar-refractivity contribution in [2.45, 2.75) is 6.54 Å². The third-order valence-electron chi connectivity index (χ3n) is 2.37. The number of nitrogens with zero attached hydrogens (tertiary/aromatic N) is 1. The van der Waals surface area contributed by atoms with Crippen LogP contribution in [0, 0.1) is 0 Å². The summed E-state index contributed by atoms with van der Waals surface area (Å²) in [6.07, 6.45) is 0. The predicted molar refractivity (Wildman–Crippen MR) is 63.7 cm³/mol. The first-order valence-corrected chi connectivity index (χ1v) is 5.29. The highest BCUT2D eigenvalue weighted by Crippen LogP contribution is 2.07. The van der Waals surface area contributed by atoms with Gasteiger partial charge in [-0.25, -0.2) is 4.79 Å². The van der Waals surface area contributed by atoms with Crippen molar-refractivity contribution in [2.24, 2.45) is 0 Å². The molecule has 88 valence electrons. The van der Waals surface area contributed by atoms with E-state index in [1.165, 1.54) is 0 Å². The zero-order valence-electron chi connectivity index (χ0n) is 9.73. The van der Waals surface area contributed by atoms with E-state index in [2.05, 4.69) is 10.2 Å². The molecular weight excluding hydrogens is 204 g/mol. The summed E-state index contributed by atoms with van der Waals surface area (Å²) in [5.74, 6) is -0.875. The lowest BCUT2D eigenvalue weighted by Crippen LogP contribution is -2.27. The molecule has 0 radical (unpaired) electrons. The van der Waals surface area contributed by atoms with Crippen molar-refractivity contribution < 1.29 is 9.90 Å². The van der Waals surface area contributed by atoms with Gasteiger partial charge in [0.25, 0.3) is 0 Å². The van der Waals surface area contributed by atoms with Crippen LogP contribution in [0.4, 0.5) is 0 Å². The highest BCUT2D eigenvalue weighted by atomic mass is 16.4. The maximum atomic E-state index is 10.8. The molecule has 2 N–H and O–H groups in total. The lowest BCUT2D eigenvalue weighted by molar-refractivity contribution is 0.0696. The van der Waals surface area contributed by atoms with Gasteiger partial charge in [0.15, 0.2) is 0 Å². The number of carboxylic acid groups (broad SMARTS) is 1. The molecular formula is C12H18N2O2. The second-order valence-electron chi connectivity index (χ2n) is 3.85. The summed E-state index contributed by atoms with van der Waals surface area (Å²) in [5.41, 5.74) is 1.37. The van der Waals surface area contributed by atoms with E-state index in [0.717, 1.165) is 25.2 Å². The summed E-state index contributed by atoms with van der Waals surface area (Å²) >= 11 is 0. The number of benzene rings is 1. The van der Waals surface area contributed by atoms with E-state index in [0.29, 0.717) is 5.56 Å². The molecule has 1 rings (SSSR count). The lowest BCUT2D eigenvalue weighted by atomic mass is 10.1. The van der Waals surface area contributed by atoms with Gasteiger partial charge in [0.05, 0.1) is 5.56 Å². The van der Waals surface area contributed by atoms with Crippen molar-refractivity contribution >= 4 is 5.97 Å². The Morgan fingerprint density at radius 2 is 2.25 bits per heavy atom. The molecule has 4 nitrogen and oxygen atoms in total. The Hall–Kier alpha value is -1.39. The molecule has 0 bridgehead atoms. The molecule has 0 aliphatic carbocycles. The Bertz CT molecular complexity index is 353. The quantitative estimate of drug-likeness (QED) is 0.755. The summed E-state index contributed by atoms with van der Waals surface area (Å²) in [6.45, 7) is 2.63. The Balaban J connectivity index is 2.59. The van der Waals surface area contributed by atoms with Crippen LogP contribution in [0.5, 0.6) is 0 Å². The zero-order valence-corrected chi connectivity index (χ0v) is 9.73. The van der Waals surface area contributed by atoms with Crippen molar-refractivity contribution in [1.29, 1.82) is 0 Å². The van der Waals surface area contributed by atoms with Crippen LogP contribution in [0.1, 0.15) is 15.9 Å². The summed E-state index contributed by atoms with van der Waals surface area (Å²) in [7, 11) is 3.93. The van der Waals surface area contributed by atoms with E-state index >= 15 is 0 Å². The van der Waals surface area contributed by atoms with Crippen molar-refractivity contribution in [2.75, 3.05) is 27.2 Å². The van der Waals surface area contributed by atoms with E-state index in [1.807, 2.05) is 20.2 Å². The second kappa shape index (κ2) is 6.25. The van der Waals surface area contributed by atoms with Gasteiger partial charge in [0, 0.05) is 19.6 Å². The SMILES string of the molecule is CNCCN(C)Cc1cccc(C(=O)O)c1. The monoisotopic (exact) mass is 222 g/mol. The number of carboxylic acids is 1. The molecule has 16 heavy (non-hydrogen) atoms. The highest BCUT2D eigenvalue weighted by molar-refractivity contribution is 5.87. The Morgan fingerprint density at radius 3 is 2.88 bits per heavy atom. The van der Waals surface area contributed by atoms with Crippen molar-refractivity contribution in [3.8, 4) is 0 Å². The molecule has 0 atom stereocenters. The number of carbonyl (C=O) groups is 1. The largest absolute Gasteiger partial charge is 0.478 e. The minimum atomic E-state index is -0.875. The van der Waals surface area contributed by atoms with Crippen LogP contribution in [-0.4, -0.2) is 43.2 Å². The van der Waals surface area contributed by atoms with Gasteiger partial charge in [0.2, 0.25) is 0 Å². The van der Waals surface area contributed by atoms with E-state index in [9.17, 15) is 4.79 Å². The average molecular weight is 222 g/mol. The Kier molecular flexibility index (Phi) is 4.95. The average Bonchev–Trinajstić information content (AvgIpc) is 2.26. The van der Waals surface area contributed by atoms with Gasteiger partial charge in [-0.15, -0.1) is 0 Å². The molecule has 0 aliphatic heterocycles. The van der Waals surface area contributed by atoms with E-state index in [4.69, 9.17) is 5.11 Å². The normalized spacial score (nSPS) is 10.7. The number of hydrogen-bond donors (Lipinski definition) is 2. The minimum absolute atomic E-state index is 0.347. The first-order chi connectivity index (χ1) is 7.63. The first kappa shape index (κ1) is 12.7. The third kappa shape index (κ3) is 4.00. The minimum Gasteiger partial charge on any atom is -0.478 e. The summed E-state index contributed by atoms with van der Waals surface area (Å²) in [5, 5.41) is 11.9. The van der Waals surface area contributed by atoms with Crippen molar-refractivity contribution in [3.05, 3.63) is 35.4 Å². The Morgan fingerprint density at radius 1 is 1.50 bits per heavy atom. The predicted octanol–water partition coefficient (Wildman–Crippen LogP) is 1.04. The van der Waals surface area contributed by atoms with Crippen LogP contribution in [0.2, 0.25) is 0 Å². The summed E-state index contributed by atoms with van der Waals surface area (Å²) in [6, 6.07) is 7.06. The molecule has 0 saturated carbocycles. The van der Waals surface area contributed by atoms with E-state index in [-0.39, 0.29) is 0 Å². The van der Waals surface area contributed by atoms with Gasteiger partial charge in [-0.3, -0.25) is 0 Å². The number of rotatable bonds is 6. The molecule has 0 unspecified atom stereocenters. The first-order valence-electron chi connectivity index (χ1n) is 5.29. The fourth-order valence-corrected chi connectivity index (χ4v) is 1.50. The smallest absolute Gasteiger partial charge is 0.335 e.